The highest BCUT2D eigenvalue weighted by atomic mass is 32.2. The Morgan fingerprint density at radius 1 is 1.12 bits per heavy atom. The average molecular weight is 578 g/mol. The normalized spacial score (nSPS) is 17.5. The van der Waals surface area contributed by atoms with Crippen molar-refractivity contribution >= 4 is 29.5 Å². The molecule has 216 valence electrons. The molecule has 0 spiro atoms. The Balaban J connectivity index is 1.56. The van der Waals surface area contributed by atoms with Gasteiger partial charge in [0.2, 0.25) is 5.91 Å². The van der Waals surface area contributed by atoms with Crippen LogP contribution in [0.5, 0.6) is 0 Å². The van der Waals surface area contributed by atoms with Crippen LogP contribution in [0.3, 0.4) is 0 Å². The lowest BCUT2D eigenvalue weighted by molar-refractivity contribution is -0.147. The summed E-state index contributed by atoms with van der Waals surface area (Å²) >= 11 is 1.44. The summed E-state index contributed by atoms with van der Waals surface area (Å²) in [6, 6.07) is 14.9. The van der Waals surface area contributed by atoms with Crippen molar-refractivity contribution in [1.29, 1.82) is 0 Å². The van der Waals surface area contributed by atoms with Crippen LogP contribution in [0.4, 0.5) is 0 Å². The third kappa shape index (κ3) is 7.04. The molecule has 1 aliphatic heterocycles. The highest BCUT2D eigenvalue weighted by Gasteiger charge is 2.49. The lowest BCUT2D eigenvalue weighted by atomic mass is 9.97. The summed E-state index contributed by atoms with van der Waals surface area (Å²) in [5.74, 6) is -1.24. The molecule has 11 heteroatoms. The second-order valence-corrected chi connectivity index (χ2v) is 12.3. The average Bonchev–Trinajstić information content (AvgIpc) is 3.26. The highest BCUT2D eigenvalue weighted by molar-refractivity contribution is 8.00. The van der Waals surface area contributed by atoms with Crippen molar-refractivity contribution in [2.75, 3.05) is 5.88 Å². The molecule has 0 radical (unpaired) electrons. The van der Waals surface area contributed by atoms with Gasteiger partial charge in [-0.25, -0.2) is 4.98 Å². The van der Waals surface area contributed by atoms with E-state index in [2.05, 4.69) is 20.6 Å². The third-order valence-electron chi connectivity index (χ3n) is 7.21. The van der Waals surface area contributed by atoms with E-state index in [0.717, 1.165) is 22.9 Å². The smallest absolute Gasteiger partial charge is 0.263 e. The van der Waals surface area contributed by atoms with Gasteiger partial charge in [-0.2, -0.15) is 0 Å². The first-order chi connectivity index (χ1) is 19.5. The maximum absolute atomic E-state index is 13.8. The molecule has 1 aliphatic rings. The molecule has 0 aliphatic carbocycles. The van der Waals surface area contributed by atoms with Gasteiger partial charge in [0.1, 0.15) is 17.4 Å². The number of rotatable bonds is 9. The standard InChI is InChI=1S/C30H35N5O5S/c1-18-10-8-9-13-21(18)15-32-28(39)25-30(3,4)41-17-35(25)29(40)24(36)23(14-20-11-6-5-7-12-20)34-27(38)22-16-31-19(2)33-26(22)37/h5-13,16,23-25,36H,14-15,17H2,1-4H3,(H,32,39)(H,34,38)(H,31,33,37)/t23-,24-,25+/m0/s1. The summed E-state index contributed by atoms with van der Waals surface area (Å²) in [4.78, 5) is 60.5. The Morgan fingerprint density at radius 3 is 2.49 bits per heavy atom. The van der Waals surface area contributed by atoms with E-state index in [4.69, 9.17) is 0 Å². The Hall–Kier alpha value is -3.96. The summed E-state index contributed by atoms with van der Waals surface area (Å²) in [5.41, 5.74) is 1.91. The summed E-state index contributed by atoms with van der Waals surface area (Å²) in [5, 5.41) is 17.0. The van der Waals surface area contributed by atoms with Crippen LogP contribution in [0.15, 0.2) is 65.6 Å². The highest BCUT2D eigenvalue weighted by Crippen LogP contribution is 2.40. The van der Waals surface area contributed by atoms with E-state index in [9.17, 15) is 24.3 Å². The van der Waals surface area contributed by atoms with E-state index >= 15 is 0 Å². The molecule has 10 nitrogen and oxygen atoms in total. The largest absolute Gasteiger partial charge is 0.381 e. The first kappa shape index (κ1) is 30.0. The van der Waals surface area contributed by atoms with Crippen molar-refractivity contribution in [3.63, 3.8) is 0 Å². The number of carbonyl (C=O) groups excluding carboxylic acids is 3. The molecule has 1 aromatic heterocycles. The number of aromatic nitrogens is 2. The number of aliphatic hydroxyl groups is 1. The van der Waals surface area contributed by atoms with E-state index in [1.54, 1.807) is 6.92 Å². The zero-order valence-electron chi connectivity index (χ0n) is 23.5. The van der Waals surface area contributed by atoms with Gasteiger partial charge in [0, 0.05) is 17.5 Å². The van der Waals surface area contributed by atoms with Gasteiger partial charge < -0.3 is 25.6 Å². The molecule has 1 saturated heterocycles. The van der Waals surface area contributed by atoms with Gasteiger partial charge in [0.15, 0.2) is 6.10 Å². The van der Waals surface area contributed by atoms with Crippen LogP contribution in [0.1, 0.15) is 46.7 Å². The molecule has 3 atom stereocenters. The molecule has 2 heterocycles. The van der Waals surface area contributed by atoms with Gasteiger partial charge in [0.25, 0.3) is 17.4 Å². The van der Waals surface area contributed by atoms with Gasteiger partial charge in [-0.15, -0.1) is 11.8 Å². The SMILES string of the molecule is Cc1ncc(C(=O)N[C@@H](Cc2ccccc2)[C@H](O)C(=O)N2CSC(C)(C)[C@H]2C(=O)NCc2ccccc2C)c(=O)[nH]1. The van der Waals surface area contributed by atoms with Gasteiger partial charge in [-0.3, -0.25) is 19.2 Å². The molecule has 4 N–H and O–H groups in total. The first-order valence-corrected chi connectivity index (χ1v) is 14.3. The van der Waals surface area contributed by atoms with E-state index in [1.807, 2.05) is 75.4 Å². The number of H-pyrrole nitrogens is 1. The van der Waals surface area contributed by atoms with Crippen molar-refractivity contribution < 1.29 is 19.5 Å². The number of hydrogen-bond donors (Lipinski definition) is 4. The van der Waals surface area contributed by atoms with Crippen LogP contribution in [-0.4, -0.2) is 66.5 Å². The van der Waals surface area contributed by atoms with Crippen molar-refractivity contribution in [3.05, 3.63) is 99.2 Å². The molecule has 1 fully saturated rings. The molecular weight excluding hydrogens is 542 g/mol. The molecule has 3 aromatic rings. The number of carbonyl (C=O) groups is 3. The lowest BCUT2D eigenvalue weighted by Crippen LogP contribution is -2.58. The second-order valence-electron chi connectivity index (χ2n) is 10.7. The maximum atomic E-state index is 13.8. The fourth-order valence-electron chi connectivity index (χ4n) is 4.84. The minimum Gasteiger partial charge on any atom is -0.381 e. The summed E-state index contributed by atoms with van der Waals surface area (Å²) < 4.78 is -0.621. The molecule has 4 rings (SSSR count). The van der Waals surface area contributed by atoms with Gasteiger partial charge in [-0.1, -0.05) is 54.6 Å². The third-order valence-corrected chi connectivity index (χ3v) is 8.59. The fourth-order valence-corrected chi connectivity index (χ4v) is 5.98. The minimum atomic E-state index is -1.68. The summed E-state index contributed by atoms with van der Waals surface area (Å²) in [7, 11) is 0. The molecule has 2 aromatic carbocycles. The maximum Gasteiger partial charge on any atom is 0.263 e. The van der Waals surface area contributed by atoms with E-state index in [1.165, 1.54) is 16.7 Å². The molecule has 0 unspecified atom stereocenters. The number of aliphatic hydroxyl groups excluding tert-OH is 1. The van der Waals surface area contributed by atoms with Crippen LogP contribution >= 0.6 is 11.8 Å². The van der Waals surface area contributed by atoms with Crippen LogP contribution < -0.4 is 16.2 Å². The number of aromatic amines is 1. The zero-order valence-corrected chi connectivity index (χ0v) is 24.3. The van der Waals surface area contributed by atoms with Crippen LogP contribution in [0.25, 0.3) is 0 Å². The van der Waals surface area contributed by atoms with E-state index in [0.29, 0.717) is 12.4 Å². The molecular formula is C30H35N5O5S. The predicted molar refractivity (Wildman–Crippen MR) is 157 cm³/mol. The Morgan fingerprint density at radius 2 is 1.80 bits per heavy atom. The molecule has 0 bridgehead atoms. The zero-order chi connectivity index (χ0) is 29.7. The number of aryl methyl sites for hydroxylation is 2. The summed E-state index contributed by atoms with van der Waals surface area (Å²) in [6.45, 7) is 7.63. The van der Waals surface area contributed by atoms with Crippen LogP contribution in [0, 0.1) is 13.8 Å². The monoisotopic (exact) mass is 577 g/mol. The Bertz CT molecular complexity index is 1480. The van der Waals surface area contributed by atoms with E-state index in [-0.39, 0.29) is 23.8 Å². The predicted octanol–water partition coefficient (Wildman–Crippen LogP) is 2.09. The number of thioether (sulfide) groups is 1. The van der Waals surface area contributed by atoms with Crippen molar-refractivity contribution in [2.45, 2.75) is 63.6 Å². The van der Waals surface area contributed by atoms with Crippen LogP contribution in [-0.2, 0) is 22.6 Å². The van der Waals surface area contributed by atoms with Gasteiger partial charge >= 0.3 is 0 Å². The van der Waals surface area contributed by atoms with Crippen molar-refractivity contribution in [2.24, 2.45) is 0 Å². The topological polar surface area (TPSA) is 144 Å². The van der Waals surface area contributed by atoms with Crippen molar-refractivity contribution in [3.8, 4) is 0 Å². The number of nitrogens with zero attached hydrogens (tertiary/aromatic N) is 2. The Labute approximate surface area is 243 Å². The second kappa shape index (κ2) is 12.7. The van der Waals surface area contributed by atoms with Gasteiger partial charge in [-0.05, 0) is 50.8 Å². The number of nitrogens with one attached hydrogen (secondary N) is 3. The quantitative estimate of drug-likeness (QED) is 0.305. The first-order valence-electron chi connectivity index (χ1n) is 13.3. The van der Waals surface area contributed by atoms with Gasteiger partial charge in [0.05, 0.1) is 11.9 Å². The van der Waals surface area contributed by atoms with Crippen LogP contribution in [0.2, 0.25) is 0 Å². The molecule has 0 saturated carbocycles. The van der Waals surface area contributed by atoms with E-state index < -0.39 is 40.3 Å². The summed E-state index contributed by atoms with van der Waals surface area (Å²) in [6.07, 6.45) is -0.408. The van der Waals surface area contributed by atoms with Crippen molar-refractivity contribution in [1.82, 2.24) is 25.5 Å². The lowest BCUT2D eigenvalue weighted by Gasteiger charge is -2.33. The molecule has 3 amide bonds. The minimum absolute atomic E-state index is 0.116. The fraction of sp³-hybridized carbons (Fsp3) is 0.367. The number of benzene rings is 2. The Kier molecular flexibility index (Phi) is 9.29. The number of hydrogen-bond acceptors (Lipinski definition) is 7. The molecule has 41 heavy (non-hydrogen) atoms. The number of amides is 3.